The van der Waals surface area contributed by atoms with E-state index in [9.17, 15) is 0 Å². The van der Waals surface area contributed by atoms with Gasteiger partial charge in [-0.15, -0.1) is 0 Å². The van der Waals surface area contributed by atoms with E-state index in [1.54, 1.807) is 0 Å². The average molecular weight is 154 g/mol. The monoisotopic (exact) mass is 154 g/mol. The predicted octanol–water partition coefficient (Wildman–Crippen LogP) is 0.858. The molecule has 0 spiro atoms. The predicted molar refractivity (Wildman–Crippen MR) is 46.5 cm³/mol. The molecule has 2 nitrogen and oxygen atoms in total. The molecule has 0 N–H and O–H groups in total. The van der Waals surface area contributed by atoms with Gasteiger partial charge in [-0.05, 0) is 0 Å². The first-order chi connectivity index (χ1) is 4.12. The molecule has 0 saturated carbocycles. The van der Waals surface area contributed by atoms with Gasteiger partial charge in [0.2, 0.25) is 0 Å². The van der Waals surface area contributed by atoms with Crippen molar-refractivity contribution in [1.82, 2.24) is 0 Å². The van der Waals surface area contributed by atoms with Crippen LogP contribution in [0.2, 0.25) is 0 Å². The summed E-state index contributed by atoms with van der Waals surface area (Å²) in [7, 11) is 0. The summed E-state index contributed by atoms with van der Waals surface area (Å²) in [4.78, 5) is 0. The van der Waals surface area contributed by atoms with Crippen molar-refractivity contribution in [2.24, 2.45) is 0 Å². The fourth-order valence-corrected chi connectivity index (χ4v) is 0.737. The molecule has 0 aliphatic heterocycles. The zero-order chi connectivity index (χ0) is 7.33. The molecule has 0 atom stereocenters. The quantitative estimate of drug-likeness (QED) is 0.441. The maximum absolute atomic E-state index is 5.25. The van der Waals surface area contributed by atoms with E-state index in [4.69, 9.17) is 9.47 Å². The summed E-state index contributed by atoms with van der Waals surface area (Å²) < 4.78 is 10.1. The molecule has 0 aromatic carbocycles. The summed E-state index contributed by atoms with van der Waals surface area (Å²) >= 11 is 1.92. The topological polar surface area (TPSA) is 18.5 Å². The van der Waals surface area contributed by atoms with Crippen LogP contribution in [0.25, 0.3) is 0 Å². The molecule has 0 bridgehead atoms. The van der Waals surface area contributed by atoms with Crippen LogP contribution in [0.4, 0.5) is 0 Å². The van der Waals surface area contributed by atoms with Crippen molar-refractivity contribution < 1.29 is 13.8 Å². The molecule has 56 valence electrons. The Morgan fingerprint density at radius 1 is 1.30 bits per heavy atom. The number of ether oxygens (including phenoxy) is 2. The summed E-state index contributed by atoms with van der Waals surface area (Å²) in [5.74, 6) is 0. The van der Waals surface area contributed by atoms with E-state index in [0.29, 0.717) is 13.2 Å². The first-order valence-electron chi connectivity index (χ1n) is 3.40. The van der Waals surface area contributed by atoms with Crippen molar-refractivity contribution >= 4 is 35.1 Å². The maximum atomic E-state index is 5.25. The van der Waals surface area contributed by atoms with E-state index in [-0.39, 0.29) is 21.6 Å². The zero-order valence-electron chi connectivity index (χ0n) is 10.3. The fraction of sp³-hybridized carbons (Fsp3) is 1.00. The van der Waals surface area contributed by atoms with E-state index < -0.39 is 4.46 Å². The van der Waals surface area contributed by atoms with Crippen LogP contribution in [0.5, 0.6) is 0 Å². The van der Waals surface area contributed by atoms with Gasteiger partial charge >= 0.3 is 83.0 Å². The van der Waals surface area contributed by atoms with Crippen LogP contribution < -0.4 is 0 Å². The molecule has 0 aliphatic carbocycles. The van der Waals surface area contributed by atoms with Crippen LogP contribution in [0.1, 0.15) is 25.1 Å². The SMILES string of the molecule is [Al+3].[H-].[H-].[H-].[Li][C](C)(OCC)OCC. The third kappa shape index (κ3) is 7.16. The molecule has 0 aliphatic rings. The van der Waals surface area contributed by atoms with Gasteiger partial charge in [0.1, 0.15) is 0 Å². The van der Waals surface area contributed by atoms with E-state index in [1.165, 1.54) is 0 Å². The Labute approximate surface area is 87.4 Å². The standard InChI is InChI=1S/C6H13O2.Al.Li.3H/c1-4-7-6(3)8-5-2;;;;;/h4-5H2,1-3H3;;;;;/q;+3;;3*-1. The summed E-state index contributed by atoms with van der Waals surface area (Å²) in [5, 5.41) is 0. The second-order valence-corrected chi connectivity index (χ2v) is 2.27. The molecule has 0 heterocycles. The Morgan fingerprint density at radius 3 is 1.80 bits per heavy atom. The zero-order valence-corrected chi connectivity index (χ0v) is 8.46. The second kappa shape index (κ2) is 6.74. The Bertz CT molecular complexity index is 80.3. The molecule has 0 radical (unpaired) electrons. The van der Waals surface area contributed by atoms with Gasteiger partial charge in [0.25, 0.3) is 0 Å². The summed E-state index contributed by atoms with van der Waals surface area (Å²) in [6.07, 6.45) is 0. The van der Waals surface area contributed by atoms with Gasteiger partial charge < -0.3 is 4.28 Å². The van der Waals surface area contributed by atoms with Gasteiger partial charge in [0.15, 0.2) is 0 Å². The molecule has 0 fully saturated rings. The van der Waals surface area contributed by atoms with Crippen molar-refractivity contribution in [2.75, 3.05) is 13.2 Å². The van der Waals surface area contributed by atoms with Crippen LogP contribution in [0.3, 0.4) is 0 Å². The van der Waals surface area contributed by atoms with Gasteiger partial charge in [0.05, 0.1) is 0 Å². The molecule has 0 unspecified atom stereocenters. The van der Waals surface area contributed by atoms with Gasteiger partial charge in [-0.3, -0.25) is 0 Å². The van der Waals surface area contributed by atoms with E-state index >= 15 is 0 Å². The minimum absolute atomic E-state index is 0. The minimum atomic E-state index is -0.399. The van der Waals surface area contributed by atoms with Gasteiger partial charge in [-0.1, -0.05) is 0 Å². The summed E-state index contributed by atoms with van der Waals surface area (Å²) in [5.41, 5.74) is 0. The second-order valence-electron chi connectivity index (χ2n) is 2.27. The normalized spacial score (nSPS) is 10.9. The Morgan fingerprint density at radius 2 is 1.60 bits per heavy atom. The fourth-order valence-electron chi connectivity index (χ4n) is 0.737. The summed E-state index contributed by atoms with van der Waals surface area (Å²) in [6.45, 7) is 7.24. The Hall–Kier alpha value is 1.05. The van der Waals surface area contributed by atoms with E-state index in [2.05, 4.69) is 0 Å². The molecule has 0 saturated heterocycles. The molecule has 0 aromatic rings. The molecule has 10 heavy (non-hydrogen) atoms. The van der Waals surface area contributed by atoms with Crippen LogP contribution in [-0.4, -0.2) is 52.8 Å². The molecular formula is C6H16AlLiO2. The van der Waals surface area contributed by atoms with Crippen molar-refractivity contribution in [3.63, 3.8) is 0 Å². The van der Waals surface area contributed by atoms with E-state index in [1.807, 2.05) is 38.5 Å². The van der Waals surface area contributed by atoms with Gasteiger partial charge in [-0.25, -0.2) is 0 Å². The van der Waals surface area contributed by atoms with Crippen LogP contribution in [0.15, 0.2) is 0 Å². The molecule has 4 heteroatoms. The molecular weight excluding hydrogens is 138 g/mol. The first-order valence-corrected chi connectivity index (χ1v) is 3.40. The molecule has 0 rings (SSSR count). The average Bonchev–Trinajstić information content (AvgIpc) is 1.64. The van der Waals surface area contributed by atoms with Crippen LogP contribution in [-0.2, 0) is 9.47 Å². The van der Waals surface area contributed by atoms with Crippen LogP contribution >= 0.6 is 0 Å². The van der Waals surface area contributed by atoms with Crippen LogP contribution in [0, 0.1) is 0 Å². The Balaban J connectivity index is -0.0000000533. The van der Waals surface area contributed by atoms with Crippen molar-refractivity contribution in [3.8, 4) is 0 Å². The van der Waals surface area contributed by atoms with E-state index in [0.717, 1.165) is 0 Å². The number of hydrogen-bond acceptors (Lipinski definition) is 2. The van der Waals surface area contributed by atoms with Crippen molar-refractivity contribution in [2.45, 2.75) is 25.2 Å². The number of rotatable bonds is 4. The molecule has 0 aromatic heterocycles. The third-order valence-corrected chi connectivity index (χ3v) is 0.984. The number of hydrogen-bond donors (Lipinski definition) is 0. The van der Waals surface area contributed by atoms with Crippen molar-refractivity contribution in [3.05, 3.63) is 0 Å². The summed E-state index contributed by atoms with van der Waals surface area (Å²) in [6, 6.07) is 0. The Kier molecular flexibility index (Phi) is 9.19. The molecule has 0 amide bonds. The van der Waals surface area contributed by atoms with Gasteiger partial charge in [-0.2, -0.15) is 0 Å². The van der Waals surface area contributed by atoms with Gasteiger partial charge in [0, 0.05) is 0 Å². The third-order valence-electron chi connectivity index (χ3n) is 0.984. The first kappa shape index (κ1) is 13.6. The van der Waals surface area contributed by atoms with Crippen molar-refractivity contribution in [1.29, 1.82) is 0 Å².